The Balaban J connectivity index is 1.63. The molecule has 0 atom stereocenters. The van der Waals surface area contributed by atoms with E-state index in [1.54, 1.807) is 42.5 Å². The van der Waals surface area contributed by atoms with Gasteiger partial charge in [0.15, 0.2) is 5.11 Å². The molecule has 0 unspecified atom stereocenters. The van der Waals surface area contributed by atoms with Crippen molar-refractivity contribution in [2.75, 3.05) is 4.90 Å². The van der Waals surface area contributed by atoms with Crippen LogP contribution in [0.15, 0.2) is 78.4 Å². The summed E-state index contributed by atoms with van der Waals surface area (Å²) in [5.74, 6) is -2.84. The van der Waals surface area contributed by atoms with E-state index >= 15 is 0 Å². The first kappa shape index (κ1) is 22.8. The van der Waals surface area contributed by atoms with Crippen LogP contribution in [0.1, 0.15) is 21.5 Å². The van der Waals surface area contributed by atoms with Crippen molar-refractivity contribution in [2.45, 2.75) is 6.61 Å². The number of carboxylic acid groups (broad SMARTS) is 1. The highest BCUT2D eigenvalue weighted by Gasteiger charge is 2.35. The maximum absolute atomic E-state index is 14.3. The molecule has 1 aliphatic rings. The highest BCUT2D eigenvalue weighted by Crippen LogP contribution is 2.27. The second kappa shape index (κ2) is 9.63. The largest absolute Gasteiger partial charge is 0.488 e. The lowest BCUT2D eigenvalue weighted by Crippen LogP contribution is -2.54. The molecule has 0 saturated carbocycles. The maximum atomic E-state index is 14.3. The van der Waals surface area contributed by atoms with Crippen LogP contribution in [0.2, 0.25) is 0 Å². The van der Waals surface area contributed by atoms with Gasteiger partial charge in [0.05, 0.1) is 11.3 Å². The number of nitrogens with zero attached hydrogens (tertiary/aromatic N) is 1. The normalized spacial score (nSPS) is 14.8. The molecule has 0 spiro atoms. The van der Waals surface area contributed by atoms with Gasteiger partial charge < -0.3 is 9.84 Å². The monoisotopic (exact) mass is 476 g/mol. The number of carboxylic acids is 1. The molecule has 2 N–H and O–H groups in total. The Morgan fingerprint density at radius 2 is 1.79 bits per heavy atom. The summed E-state index contributed by atoms with van der Waals surface area (Å²) in [6.45, 7) is 0.0624. The van der Waals surface area contributed by atoms with Crippen molar-refractivity contribution in [1.29, 1.82) is 0 Å². The Kier molecular flexibility index (Phi) is 6.46. The van der Waals surface area contributed by atoms with Crippen LogP contribution >= 0.6 is 12.2 Å². The van der Waals surface area contributed by atoms with Crippen molar-refractivity contribution >= 4 is 46.9 Å². The lowest BCUT2D eigenvalue weighted by molar-refractivity contribution is -0.122. The second-order valence-corrected chi connectivity index (χ2v) is 7.63. The topological polar surface area (TPSA) is 95.9 Å². The fourth-order valence-electron chi connectivity index (χ4n) is 3.35. The molecular weight excluding hydrogens is 459 g/mol. The molecule has 1 aliphatic heterocycles. The Bertz CT molecular complexity index is 1350. The number of carbonyl (C=O) groups excluding carboxylic acids is 2. The third-order valence-electron chi connectivity index (χ3n) is 4.98. The van der Waals surface area contributed by atoms with Crippen LogP contribution in [0.4, 0.5) is 10.1 Å². The maximum Gasteiger partial charge on any atom is 0.335 e. The predicted octanol–water partition coefficient (Wildman–Crippen LogP) is 3.93. The first-order chi connectivity index (χ1) is 16.3. The predicted molar refractivity (Wildman–Crippen MR) is 127 cm³/mol. The van der Waals surface area contributed by atoms with E-state index in [0.717, 1.165) is 4.90 Å². The highest BCUT2D eigenvalue weighted by molar-refractivity contribution is 7.80. The Morgan fingerprint density at radius 3 is 2.56 bits per heavy atom. The number of halogens is 1. The number of anilines is 1. The van der Waals surface area contributed by atoms with E-state index in [0.29, 0.717) is 16.9 Å². The summed E-state index contributed by atoms with van der Waals surface area (Å²) in [4.78, 5) is 37.8. The first-order valence-corrected chi connectivity index (χ1v) is 10.5. The molecule has 7 nitrogen and oxygen atoms in total. The lowest BCUT2D eigenvalue weighted by atomic mass is 10.1. The summed E-state index contributed by atoms with van der Waals surface area (Å²) >= 11 is 5.10. The van der Waals surface area contributed by atoms with Crippen LogP contribution in [0.25, 0.3) is 6.08 Å². The summed E-state index contributed by atoms with van der Waals surface area (Å²) in [6, 6.07) is 18.6. The smallest absolute Gasteiger partial charge is 0.335 e. The van der Waals surface area contributed by atoms with Gasteiger partial charge in [0, 0.05) is 5.56 Å². The van der Waals surface area contributed by atoms with Crippen molar-refractivity contribution in [2.24, 2.45) is 0 Å². The van der Waals surface area contributed by atoms with E-state index in [1.165, 1.54) is 36.4 Å². The number of hydrogen-bond acceptors (Lipinski definition) is 5. The molecule has 0 aromatic heterocycles. The van der Waals surface area contributed by atoms with Crippen molar-refractivity contribution in [3.63, 3.8) is 0 Å². The Hall–Kier alpha value is -4.37. The van der Waals surface area contributed by atoms with Gasteiger partial charge in [0.25, 0.3) is 11.8 Å². The van der Waals surface area contributed by atoms with Gasteiger partial charge in [-0.1, -0.05) is 42.5 Å². The molecule has 0 aliphatic carbocycles. The average molecular weight is 476 g/mol. The fourth-order valence-corrected chi connectivity index (χ4v) is 3.63. The first-order valence-electron chi connectivity index (χ1n) is 10.0. The Morgan fingerprint density at radius 1 is 1.06 bits per heavy atom. The zero-order chi connectivity index (χ0) is 24.2. The molecule has 3 aromatic rings. The lowest BCUT2D eigenvalue weighted by Gasteiger charge is -2.29. The SMILES string of the molecule is O=C1NC(=S)N(c2ccccc2F)C(=O)/C1=C/c1ccccc1OCc1cccc(C(=O)O)c1. The minimum atomic E-state index is -1.05. The molecule has 9 heteroatoms. The minimum Gasteiger partial charge on any atom is -0.488 e. The van der Waals surface area contributed by atoms with E-state index in [1.807, 2.05) is 0 Å². The van der Waals surface area contributed by atoms with Crippen molar-refractivity contribution in [3.05, 3.63) is 101 Å². The third-order valence-corrected chi connectivity index (χ3v) is 5.27. The van der Waals surface area contributed by atoms with Crippen LogP contribution in [0, 0.1) is 5.82 Å². The van der Waals surface area contributed by atoms with Crippen molar-refractivity contribution in [3.8, 4) is 5.75 Å². The summed E-state index contributed by atoms with van der Waals surface area (Å²) < 4.78 is 20.2. The van der Waals surface area contributed by atoms with Gasteiger partial charge in [-0.2, -0.15) is 0 Å². The summed E-state index contributed by atoms with van der Waals surface area (Å²) in [7, 11) is 0. The second-order valence-electron chi connectivity index (χ2n) is 7.24. The van der Waals surface area contributed by atoms with Gasteiger partial charge in [0.1, 0.15) is 23.7 Å². The van der Waals surface area contributed by atoms with Gasteiger partial charge in [-0.3, -0.25) is 14.9 Å². The van der Waals surface area contributed by atoms with Gasteiger partial charge in [-0.05, 0) is 54.2 Å². The number of benzene rings is 3. The van der Waals surface area contributed by atoms with Crippen LogP contribution < -0.4 is 15.0 Å². The number of ether oxygens (including phenoxy) is 1. The molecule has 3 aromatic carbocycles. The number of nitrogens with one attached hydrogen (secondary N) is 1. The number of hydrogen-bond donors (Lipinski definition) is 2. The molecule has 170 valence electrons. The van der Waals surface area contributed by atoms with E-state index in [2.05, 4.69) is 5.32 Å². The number of rotatable bonds is 6. The van der Waals surface area contributed by atoms with Gasteiger partial charge in [-0.15, -0.1) is 0 Å². The van der Waals surface area contributed by atoms with Crippen molar-refractivity contribution in [1.82, 2.24) is 5.32 Å². The summed E-state index contributed by atoms with van der Waals surface area (Å²) in [5.41, 5.74) is 0.860. The quantitative estimate of drug-likeness (QED) is 0.318. The number of aromatic carboxylic acids is 1. The zero-order valence-corrected chi connectivity index (χ0v) is 18.3. The van der Waals surface area contributed by atoms with Crippen LogP contribution in [0.5, 0.6) is 5.75 Å². The fraction of sp³-hybridized carbons (Fsp3) is 0.0400. The molecule has 34 heavy (non-hydrogen) atoms. The molecule has 1 fully saturated rings. The molecule has 0 bridgehead atoms. The van der Waals surface area contributed by atoms with E-state index in [4.69, 9.17) is 22.1 Å². The zero-order valence-electron chi connectivity index (χ0n) is 17.5. The number of carbonyl (C=O) groups is 3. The molecule has 0 radical (unpaired) electrons. The number of para-hydroxylation sites is 2. The third kappa shape index (κ3) is 4.69. The van der Waals surface area contributed by atoms with Crippen LogP contribution in [0.3, 0.4) is 0 Å². The molecule has 2 amide bonds. The summed E-state index contributed by atoms with van der Waals surface area (Å²) in [6.07, 6.45) is 1.34. The molecule has 1 saturated heterocycles. The summed E-state index contributed by atoms with van der Waals surface area (Å²) in [5, 5.41) is 11.3. The Labute approximate surface area is 199 Å². The van der Waals surface area contributed by atoms with Crippen LogP contribution in [-0.4, -0.2) is 28.0 Å². The number of amides is 2. The standard InChI is InChI=1S/C25H17FN2O5S/c26-19-9-2-3-10-20(19)28-23(30)18(22(29)27-25(28)34)13-16-7-1-4-11-21(16)33-14-15-6-5-8-17(12-15)24(31)32/h1-13H,14H2,(H,31,32)(H,27,29,34)/b18-13+. The van der Waals surface area contributed by atoms with E-state index < -0.39 is 23.6 Å². The molecule has 1 heterocycles. The van der Waals surface area contributed by atoms with Gasteiger partial charge in [0.2, 0.25) is 0 Å². The molecular formula is C25H17FN2O5S. The van der Waals surface area contributed by atoms with E-state index in [-0.39, 0.29) is 28.5 Å². The van der Waals surface area contributed by atoms with Gasteiger partial charge >= 0.3 is 5.97 Å². The van der Waals surface area contributed by atoms with Crippen molar-refractivity contribution < 1.29 is 28.6 Å². The average Bonchev–Trinajstić information content (AvgIpc) is 2.82. The number of thiocarbonyl (C=S) groups is 1. The van der Waals surface area contributed by atoms with Crippen LogP contribution in [-0.2, 0) is 16.2 Å². The molecule has 4 rings (SSSR count). The van der Waals surface area contributed by atoms with E-state index in [9.17, 15) is 18.8 Å². The van der Waals surface area contributed by atoms with Gasteiger partial charge in [-0.25, -0.2) is 14.1 Å². The minimum absolute atomic E-state index is 0.0624. The highest BCUT2D eigenvalue weighted by atomic mass is 32.1.